The lowest BCUT2D eigenvalue weighted by atomic mass is 9.96. The van der Waals surface area contributed by atoms with Gasteiger partial charge in [-0.05, 0) is 36.1 Å². The van der Waals surface area contributed by atoms with Crippen molar-refractivity contribution in [3.8, 4) is 0 Å². The summed E-state index contributed by atoms with van der Waals surface area (Å²) in [4.78, 5) is 21.2. The number of fused-ring (bicyclic) bond motifs is 3. The normalized spacial score (nSPS) is 18.4. The summed E-state index contributed by atoms with van der Waals surface area (Å²) < 4.78 is 5.42. The summed E-state index contributed by atoms with van der Waals surface area (Å²) in [5.74, 6) is 0.0774. The van der Waals surface area contributed by atoms with Crippen molar-refractivity contribution in [1.29, 1.82) is 0 Å². The minimum absolute atomic E-state index is 0.131. The first-order chi connectivity index (χ1) is 14.7. The van der Waals surface area contributed by atoms with Gasteiger partial charge in [0.1, 0.15) is 0 Å². The second-order valence-electron chi connectivity index (χ2n) is 8.49. The van der Waals surface area contributed by atoms with E-state index in [1.54, 1.807) is 0 Å². The van der Waals surface area contributed by atoms with E-state index in [1.807, 2.05) is 11.8 Å². The summed E-state index contributed by atoms with van der Waals surface area (Å²) in [6.45, 7) is 8.04. The molecule has 30 heavy (non-hydrogen) atoms. The van der Waals surface area contributed by atoms with Crippen molar-refractivity contribution in [3.05, 3.63) is 70.9 Å². The number of para-hydroxylation sites is 1. The number of hydrogen-bond donors (Lipinski definition) is 1. The molecule has 2 aliphatic heterocycles. The first-order valence-electron chi connectivity index (χ1n) is 11.0. The van der Waals surface area contributed by atoms with E-state index in [0.717, 1.165) is 51.4 Å². The largest absolute Gasteiger partial charge is 0.379 e. The van der Waals surface area contributed by atoms with E-state index in [2.05, 4.69) is 58.4 Å². The Morgan fingerprint density at radius 3 is 2.63 bits per heavy atom. The molecule has 2 aromatic carbocycles. The summed E-state index contributed by atoms with van der Waals surface area (Å²) in [6, 6.07) is 17.0. The highest BCUT2D eigenvalue weighted by atomic mass is 16.5. The van der Waals surface area contributed by atoms with Crippen LogP contribution in [0.2, 0.25) is 0 Å². The molecule has 5 heteroatoms. The van der Waals surface area contributed by atoms with Crippen LogP contribution in [0, 0.1) is 0 Å². The maximum atomic E-state index is 13.2. The molecule has 1 N–H and O–H groups in total. The first kappa shape index (κ1) is 19.3. The maximum Gasteiger partial charge on any atom is 0.230 e. The van der Waals surface area contributed by atoms with Crippen LogP contribution in [0.15, 0.2) is 48.5 Å². The molecular weight excluding hydrogens is 374 g/mol. The molecule has 0 spiro atoms. The quantitative estimate of drug-likeness (QED) is 0.723. The zero-order valence-electron chi connectivity index (χ0n) is 17.6. The van der Waals surface area contributed by atoms with Crippen LogP contribution >= 0.6 is 0 Å². The number of benzene rings is 2. The fourth-order valence-electron chi connectivity index (χ4n) is 4.73. The van der Waals surface area contributed by atoms with Crippen molar-refractivity contribution >= 4 is 16.8 Å². The highest BCUT2D eigenvalue weighted by Gasteiger charge is 2.27. The number of carbonyl (C=O) groups is 1. The van der Waals surface area contributed by atoms with Gasteiger partial charge in [-0.2, -0.15) is 0 Å². The standard InChI is InChI=1S/C25H29N3O2/c1-18(20-8-6-19(7-9-20)16-27-12-14-30-15-13-27)25(29)28-11-10-22-21-4-2-3-5-23(21)26-24(22)17-28/h2-9,18,26H,10-17H2,1H3. The van der Waals surface area contributed by atoms with E-state index in [1.165, 1.54) is 27.7 Å². The van der Waals surface area contributed by atoms with Gasteiger partial charge in [0, 0.05) is 42.8 Å². The molecule has 0 aliphatic carbocycles. The Morgan fingerprint density at radius 2 is 1.83 bits per heavy atom. The molecule has 3 heterocycles. The molecule has 1 unspecified atom stereocenters. The predicted molar refractivity (Wildman–Crippen MR) is 118 cm³/mol. The van der Waals surface area contributed by atoms with Crippen LogP contribution in [-0.2, 0) is 29.0 Å². The van der Waals surface area contributed by atoms with Gasteiger partial charge in [0.05, 0.1) is 25.7 Å². The number of rotatable bonds is 4. The van der Waals surface area contributed by atoms with Crippen LogP contribution in [-0.4, -0.2) is 53.5 Å². The second-order valence-corrected chi connectivity index (χ2v) is 8.49. The number of nitrogens with zero attached hydrogens (tertiary/aromatic N) is 2. The van der Waals surface area contributed by atoms with Gasteiger partial charge in [-0.3, -0.25) is 9.69 Å². The number of morpholine rings is 1. The van der Waals surface area contributed by atoms with Gasteiger partial charge < -0.3 is 14.6 Å². The Labute approximate surface area is 177 Å². The lowest BCUT2D eigenvalue weighted by Gasteiger charge is -2.30. The molecule has 5 rings (SSSR count). The number of ether oxygens (including phenoxy) is 1. The fraction of sp³-hybridized carbons (Fsp3) is 0.400. The Balaban J connectivity index is 1.25. The van der Waals surface area contributed by atoms with Crippen LogP contribution < -0.4 is 0 Å². The molecule has 1 amide bonds. The van der Waals surface area contributed by atoms with Gasteiger partial charge in [0.2, 0.25) is 5.91 Å². The molecule has 0 bridgehead atoms. The zero-order valence-corrected chi connectivity index (χ0v) is 17.6. The molecule has 5 nitrogen and oxygen atoms in total. The second kappa shape index (κ2) is 8.25. The van der Waals surface area contributed by atoms with Crippen molar-refractivity contribution in [2.45, 2.75) is 32.4 Å². The van der Waals surface area contributed by atoms with Crippen LogP contribution in [0.3, 0.4) is 0 Å². The van der Waals surface area contributed by atoms with Gasteiger partial charge in [0.15, 0.2) is 0 Å². The van der Waals surface area contributed by atoms with E-state index in [-0.39, 0.29) is 11.8 Å². The predicted octanol–water partition coefficient (Wildman–Crippen LogP) is 3.69. The average Bonchev–Trinajstić information content (AvgIpc) is 3.17. The third-order valence-electron chi connectivity index (χ3n) is 6.55. The van der Waals surface area contributed by atoms with E-state index in [9.17, 15) is 4.79 Å². The summed E-state index contributed by atoms with van der Waals surface area (Å²) in [7, 11) is 0. The minimum atomic E-state index is -0.131. The lowest BCUT2D eigenvalue weighted by molar-refractivity contribution is -0.133. The SMILES string of the molecule is CC(C(=O)N1CCc2c([nH]c3ccccc23)C1)c1ccc(CN2CCOCC2)cc1. The lowest BCUT2D eigenvalue weighted by Crippen LogP contribution is -2.38. The number of carbonyl (C=O) groups excluding carboxylic acids is 1. The summed E-state index contributed by atoms with van der Waals surface area (Å²) in [5, 5.41) is 1.29. The van der Waals surface area contributed by atoms with Gasteiger partial charge in [-0.1, -0.05) is 42.5 Å². The monoisotopic (exact) mass is 403 g/mol. The smallest absolute Gasteiger partial charge is 0.230 e. The van der Waals surface area contributed by atoms with Gasteiger partial charge in [-0.25, -0.2) is 0 Å². The molecule has 0 radical (unpaired) electrons. The number of aromatic amines is 1. The number of aromatic nitrogens is 1. The van der Waals surface area contributed by atoms with Crippen LogP contribution in [0.25, 0.3) is 10.9 Å². The molecule has 1 atom stereocenters. The van der Waals surface area contributed by atoms with Crippen LogP contribution in [0.4, 0.5) is 0 Å². The topological polar surface area (TPSA) is 48.6 Å². The third-order valence-corrected chi connectivity index (χ3v) is 6.55. The Hall–Kier alpha value is -2.63. The van der Waals surface area contributed by atoms with Crippen molar-refractivity contribution in [3.63, 3.8) is 0 Å². The Morgan fingerprint density at radius 1 is 1.07 bits per heavy atom. The molecule has 3 aromatic rings. The number of nitrogens with one attached hydrogen (secondary N) is 1. The van der Waals surface area contributed by atoms with Gasteiger partial charge in [-0.15, -0.1) is 0 Å². The first-order valence-corrected chi connectivity index (χ1v) is 11.0. The van der Waals surface area contributed by atoms with Crippen molar-refractivity contribution in [1.82, 2.24) is 14.8 Å². The molecular formula is C25H29N3O2. The highest BCUT2D eigenvalue weighted by Crippen LogP contribution is 2.29. The molecule has 0 saturated carbocycles. The Bertz CT molecular complexity index is 1030. The van der Waals surface area contributed by atoms with Crippen molar-refractivity contribution < 1.29 is 9.53 Å². The van der Waals surface area contributed by atoms with E-state index < -0.39 is 0 Å². The fourth-order valence-corrected chi connectivity index (χ4v) is 4.73. The van der Waals surface area contributed by atoms with E-state index >= 15 is 0 Å². The number of hydrogen-bond acceptors (Lipinski definition) is 3. The minimum Gasteiger partial charge on any atom is -0.379 e. The van der Waals surface area contributed by atoms with Crippen molar-refractivity contribution in [2.75, 3.05) is 32.8 Å². The average molecular weight is 404 g/mol. The number of H-pyrrole nitrogens is 1. The van der Waals surface area contributed by atoms with Crippen LogP contribution in [0.5, 0.6) is 0 Å². The molecule has 1 aromatic heterocycles. The van der Waals surface area contributed by atoms with Gasteiger partial charge >= 0.3 is 0 Å². The van der Waals surface area contributed by atoms with Gasteiger partial charge in [0.25, 0.3) is 0 Å². The molecule has 2 aliphatic rings. The summed E-state index contributed by atoms with van der Waals surface area (Å²) >= 11 is 0. The van der Waals surface area contributed by atoms with Crippen molar-refractivity contribution in [2.24, 2.45) is 0 Å². The third kappa shape index (κ3) is 3.75. The zero-order chi connectivity index (χ0) is 20.5. The van der Waals surface area contributed by atoms with E-state index in [0.29, 0.717) is 6.54 Å². The van der Waals surface area contributed by atoms with Crippen LogP contribution in [0.1, 0.15) is 35.2 Å². The Kier molecular flexibility index (Phi) is 5.32. The maximum absolute atomic E-state index is 13.2. The molecule has 1 fully saturated rings. The molecule has 1 saturated heterocycles. The van der Waals surface area contributed by atoms with E-state index in [4.69, 9.17) is 4.74 Å². The molecule has 156 valence electrons. The number of amides is 1. The highest BCUT2D eigenvalue weighted by molar-refractivity contribution is 5.87. The summed E-state index contributed by atoms with van der Waals surface area (Å²) in [5.41, 5.74) is 6.11. The summed E-state index contributed by atoms with van der Waals surface area (Å²) in [6.07, 6.45) is 0.913.